The van der Waals surface area contributed by atoms with Gasteiger partial charge in [-0.15, -0.1) is 0 Å². The molecule has 2 aromatic rings. The summed E-state index contributed by atoms with van der Waals surface area (Å²) < 4.78 is 5.84. The molecule has 0 bridgehead atoms. The van der Waals surface area contributed by atoms with E-state index in [0.29, 0.717) is 6.61 Å². The first-order valence-electron chi connectivity index (χ1n) is 7.15. The summed E-state index contributed by atoms with van der Waals surface area (Å²) >= 11 is 5.55. The van der Waals surface area contributed by atoms with Gasteiger partial charge in [-0.05, 0) is 43.7 Å². The number of ether oxygens (including phenoxy) is 1. The van der Waals surface area contributed by atoms with Crippen molar-refractivity contribution in [2.75, 3.05) is 6.61 Å². The molecule has 0 radical (unpaired) electrons. The zero-order chi connectivity index (χ0) is 15.3. The van der Waals surface area contributed by atoms with Crippen molar-refractivity contribution in [1.29, 1.82) is 0 Å². The molecular formula is C18H22ClNO. The molecular weight excluding hydrogens is 282 g/mol. The van der Waals surface area contributed by atoms with Crippen molar-refractivity contribution < 1.29 is 4.74 Å². The van der Waals surface area contributed by atoms with Gasteiger partial charge in [0.15, 0.2) is 0 Å². The topological polar surface area (TPSA) is 21.3 Å². The standard InChI is InChI=1S/C18H22ClNO/c1-18(2,3)20-13-16-15-8-5-4-7-14(15)9-10-17(16)21-12-6-11-19/h4-11,20H,12-13H2,1-3H3. The lowest BCUT2D eigenvalue weighted by atomic mass is 10.0. The number of fused-ring (bicyclic) bond motifs is 1. The first-order chi connectivity index (χ1) is 10.0. The summed E-state index contributed by atoms with van der Waals surface area (Å²) in [6.45, 7) is 7.73. The highest BCUT2D eigenvalue weighted by Gasteiger charge is 2.13. The van der Waals surface area contributed by atoms with Crippen molar-refractivity contribution in [3.05, 3.63) is 53.6 Å². The number of benzene rings is 2. The van der Waals surface area contributed by atoms with Crippen LogP contribution in [0.2, 0.25) is 0 Å². The number of nitrogens with one attached hydrogen (secondary N) is 1. The minimum absolute atomic E-state index is 0.0598. The summed E-state index contributed by atoms with van der Waals surface area (Å²) in [4.78, 5) is 0. The van der Waals surface area contributed by atoms with E-state index >= 15 is 0 Å². The van der Waals surface area contributed by atoms with E-state index in [1.807, 2.05) is 6.07 Å². The van der Waals surface area contributed by atoms with E-state index in [1.54, 1.807) is 6.08 Å². The van der Waals surface area contributed by atoms with Crippen LogP contribution in [-0.2, 0) is 6.54 Å². The Morgan fingerprint density at radius 1 is 1.14 bits per heavy atom. The van der Waals surface area contributed by atoms with Crippen LogP contribution in [0.4, 0.5) is 0 Å². The first kappa shape index (κ1) is 15.9. The van der Waals surface area contributed by atoms with Gasteiger partial charge in [-0.3, -0.25) is 0 Å². The van der Waals surface area contributed by atoms with Crippen LogP contribution < -0.4 is 10.1 Å². The number of halogens is 1. The lowest BCUT2D eigenvalue weighted by molar-refractivity contribution is 0.353. The molecule has 0 heterocycles. The Labute approximate surface area is 131 Å². The van der Waals surface area contributed by atoms with E-state index in [4.69, 9.17) is 16.3 Å². The quantitative estimate of drug-likeness (QED) is 0.851. The minimum Gasteiger partial charge on any atom is -0.489 e. The van der Waals surface area contributed by atoms with E-state index in [-0.39, 0.29) is 5.54 Å². The largest absolute Gasteiger partial charge is 0.489 e. The summed E-state index contributed by atoms with van der Waals surface area (Å²) in [5, 5.41) is 5.99. The average Bonchev–Trinajstić information content (AvgIpc) is 2.45. The van der Waals surface area contributed by atoms with Crippen LogP contribution in [0, 0.1) is 0 Å². The molecule has 0 aromatic heterocycles. The van der Waals surface area contributed by atoms with Crippen molar-refractivity contribution >= 4 is 22.4 Å². The van der Waals surface area contributed by atoms with Crippen molar-refractivity contribution in [1.82, 2.24) is 5.32 Å². The summed E-state index contributed by atoms with van der Waals surface area (Å²) in [7, 11) is 0. The van der Waals surface area contributed by atoms with Gasteiger partial charge in [0.25, 0.3) is 0 Å². The highest BCUT2D eigenvalue weighted by atomic mass is 35.5. The highest BCUT2D eigenvalue weighted by Crippen LogP contribution is 2.28. The van der Waals surface area contributed by atoms with Crippen LogP contribution in [-0.4, -0.2) is 12.1 Å². The van der Waals surface area contributed by atoms with Crippen molar-refractivity contribution in [2.45, 2.75) is 32.9 Å². The fourth-order valence-corrected chi connectivity index (χ4v) is 2.23. The number of hydrogen-bond acceptors (Lipinski definition) is 2. The Kier molecular flexibility index (Phi) is 5.27. The van der Waals surface area contributed by atoms with Gasteiger partial charge in [0.1, 0.15) is 12.4 Å². The van der Waals surface area contributed by atoms with E-state index in [0.717, 1.165) is 12.3 Å². The maximum atomic E-state index is 5.84. The second-order valence-electron chi connectivity index (χ2n) is 6.04. The Balaban J connectivity index is 2.36. The van der Waals surface area contributed by atoms with Gasteiger partial charge in [0.2, 0.25) is 0 Å². The van der Waals surface area contributed by atoms with Gasteiger partial charge in [0, 0.05) is 23.2 Å². The van der Waals surface area contributed by atoms with Crippen LogP contribution in [0.1, 0.15) is 26.3 Å². The zero-order valence-corrected chi connectivity index (χ0v) is 13.6. The Bertz CT molecular complexity index is 629. The monoisotopic (exact) mass is 303 g/mol. The van der Waals surface area contributed by atoms with E-state index in [1.165, 1.54) is 21.9 Å². The highest BCUT2D eigenvalue weighted by molar-refractivity contribution is 6.25. The van der Waals surface area contributed by atoms with Crippen LogP contribution >= 0.6 is 11.6 Å². The molecule has 0 atom stereocenters. The predicted octanol–water partition coefficient (Wildman–Crippen LogP) is 4.86. The smallest absolute Gasteiger partial charge is 0.124 e. The second kappa shape index (κ2) is 6.97. The van der Waals surface area contributed by atoms with E-state index in [9.17, 15) is 0 Å². The third-order valence-corrected chi connectivity index (χ3v) is 3.40. The molecule has 1 N–H and O–H groups in total. The summed E-state index contributed by atoms with van der Waals surface area (Å²) in [6.07, 6.45) is 1.79. The van der Waals surface area contributed by atoms with E-state index in [2.05, 4.69) is 56.4 Å². The zero-order valence-electron chi connectivity index (χ0n) is 12.8. The molecule has 0 fully saturated rings. The SMILES string of the molecule is CC(C)(C)NCc1c(OCC=CCl)ccc2ccccc12. The number of hydrogen-bond donors (Lipinski definition) is 1. The molecule has 21 heavy (non-hydrogen) atoms. The summed E-state index contributed by atoms with van der Waals surface area (Å²) in [5.74, 6) is 0.903. The molecule has 0 aliphatic rings. The van der Waals surface area contributed by atoms with Gasteiger partial charge >= 0.3 is 0 Å². The molecule has 112 valence electrons. The second-order valence-corrected chi connectivity index (χ2v) is 6.29. The van der Waals surface area contributed by atoms with Crippen LogP contribution in [0.5, 0.6) is 5.75 Å². The maximum Gasteiger partial charge on any atom is 0.124 e. The number of rotatable bonds is 5. The minimum atomic E-state index is 0.0598. The maximum absolute atomic E-state index is 5.84. The van der Waals surface area contributed by atoms with Crippen molar-refractivity contribution in [3.8, 4) is 5.75 Å². The van der Waals surface area contributed by atoms with Crippen molar-refractivity contribution in [2.24, 2.45) is 0 Å². The normalized spacial score (nSPS) is 12.2. The van der Waals surface area contributed by atoms with Gasteiger partial charge < -0.3 is 10.1 Å². The summed E-state index contributed by atoms with van der Waals surface area (Å²) in [6, 6.07) is 12.5. The van der Waals surface area contributed by atoms with Gasteiger partial charge in [-0.25, -0.2) is 0 Å². The van der Waals surface area contributed by atoms with Crippen LogP contribution in [0.15, 0.2) is 48.0 Å². The molecule has 3 heteroatoms. The predicted molar refractivity (Wildman–Crippen MR) is 91.0 cm³/mol. The van der Waals surface area contributed by atoms with Crippen LogP contribution in [0.3, 0.4) is 0 Å². The molecule has 2 nitrogen and oxygen atoms in total. The molecule has 0 spiro atoms. The van der Waals surface area contributed by atoms with Gasteiger partial charge in [-0.2, -0.15) is 0 Å². The molecule has 0 aliphatic heterocycles. The molecule has 0 amide bonds. The fourth-order valence-electron chi connectivity index (χ4n) is 2.16. The van der Waals surface area contributed by atoms with Crippen molar-refractivity contribution in [3.63, 3.8) is 0 Å². The van der Waals surface area contributed by atoms with Gasteiger partial charge in [-0.1, -0.05) is 41.9 Å². The van der Waals surface area contributed by atoms with Gasteiger partial charge in [0.05, 0.1) is 0 Å². The van der Waals surface area contributed by atoms with Crippen LogP contribution in [0.25, 0.3) is 10.8 Å². The molecule has 2 aromatic carbocycles. The third kappa shape index (κ3) is 4.48. The molecule has 0 saturated carbocycles. The lowest BCUT2D eigenvalue weighted by Crippen LogP contribution is -2.35. The average molecular weight is 304 g/mol. The molecule has 2 rings (SSSR count). The fraction of sp³-hybridized carbons (Fsp3) is 0.333. The molecule has 0 saturated heterocycles. The lowest BCUT2D eigenvalue weighted by Gasteiger charge is -2.22. The summed E-state index contributed by atoms with van der Waals surface area (Å²) in [5.41, 5.74) is 2.73. The molecule has 0 unspecified atom stereocenters. The van der Waals surface area contributed by atoms with E-state index < -0.39 is 0 Å². The Morgan fingerprint density at radius 3 is 2.62 bits per heavy atom. The Morgan fingerprint density at radius 2 is 1.90 bits per heavy atom. The first-order valence-corrected chi connectivity index (χ1v) is 7.58. The Hall–Kier alpha value is -1.51. The molecule has 0 aliphatic carbocycles. The third-order valence-electron chi connectivity index (χ3n) is 3.22.